The van der Waals surface area contributed by atoms with Gasteiger partial charge in [-0.05, 0) is 36.4 Å². The molecule has 5 rings (SSSR count). The maximum atomic E-state index is 13.0. The Balaban J connectivity index is 1.40. The van der Waals surface area contributed by atoms with E-state index in [0.29, 0.717) is 21.8 Å². The summed E-state index contributed by atoms with van der Waals surface area (Å²) in [5, 5.41) is 15.1. The number of esters is 1. The molecule has 3 unspecified atom stereocenters. The fraction of sp³-hybridized carbons (Fsp3) is 0.421. The third-order valence-electron chi connectivity index (χ3n) is 6.08. The second-order valence-corrected chi connectivity index (χ2v) is 9.13. The van der Waals surface area contributed by atoms with Crippen molar-refractivity contribution in [3.05, 3.63) is 56.9 Å². The molecule has 1 aliphatic heterocycles. The van der Waals surface area contributed by atoms with Gasteiger partial charge in [0, 0.05) is 23.9 Å². The van der Waals surface area contributed by atoms with Gasteiger partial charge >= 0.3 is 5.97 Å². The molecule has 3 heterocycles. The SMILES string of the molecule is CN1C2C=CC23C[C@@H](OC(=O)C(O)(c2cccs2)c2cccs2)CC13. The van der Waals surface area contributed by atoms with Crippen LogP contribution >= 0.6 is 22.7 Å². The predicted octanol–water partition coefficient (Wildman–Crippen LogP) is 2.99. The Kier molecular flexibility index (Phi) is 3.32. The van der Waals surface area contributed by atoms with Crippen LogP contribution in [0.3, 0.4) is 0 Å². The van der Waals surface area contributed by atoms with Crippen molar-refractivity contribution < 1.29 is 14.6 Å². The fourth-order valence-corrected chi connectivity index (χ4v) is 6.51. The van der Waals surface area contributed by atoms with E-state index >= 15 is 0 Å². The molecule has 2 aliphatic carbocycles. The summed E-state index contributed by atoms with van der Waals surface area (Å²) in [5.74, 6) is -0.553. The number of ether oxygens (including phenoxy) is 1. The topological polar surface area (TPSA) is 49.8 Å². The molecule has 0 radical (unpaired) electrons. The highest BCUT2D eigenvalue weighted by molar-refractivity contribution is 7.12. The molecule has 3 aliphatic rings. The van der Waals surface area contributed by atoms with Crippen molar-refractivity contribution in [1.29, 1.82) is 0 Å². The van der Waals surface area contributed by atoms with E-state index < -0.39 is 11.6 Å². The van der Waals surface area contributed by atoms with Crippen LogP contribution in [0.4, 0.5) is 0 Å². The van der Waals surface area contributed by atoms with Crippen LogP contribution in [0.2, 0.25) is 0 Å². The van der Waals surface area contributed by atoms with Gasteiger partial charge in [-0.25, -0.2) is 4.79 Å². The molecule has 6 heteroatoms. The zero-order valence-corrected chi connectivity index (χ0v) is 15.4. The lowest BCUT2D eigenvalue weighted by molar-refractivity contribution is -0.167. The van der Waals surface area contributed by atoms with Crippen molar-refractivity contribution in [2.24, 2.45) is 5.41 Å². The molecule has 1 spiro atoms. The molecule has 4 atom stereocenters. The van der Waals surface area contributed by atoms with E-state index in [2.05, 4.69) is 24.1 Å². The number of carbonyl (C=O) groups is 1. The van der Waals surface area contributed by atoms with Crippen LogP contribution in [0, 0.1) is 5.41 Å². The normalized spacial score (nSPS) is 33.3. The van der Waals surface area contributed by atoms with Crippen molar-refractivity contribution in [2.45, 2.75) is 36.6 Å². The number of nitrogens with zero attached hydrogens (tertiary/aromatic N) is 1. The molecule has 4 nitrogen and oxygen atoms in total. The molecule has 1 saturated heterocycles. The lowest BCUT2D eigenvalue weighted by Gasteiger charge is -2.62. The summed E-state index contributed by atoms with van der Waals surface area (Å²) in [4.78, 5) is 16.6. The van der Waals surface area contributed by atoms with Crippen LogP contribution < -0.4 is 0 Å². The van der Waals surface area contributed by atoms with E-state index in [0.717, 1.165) is 12.8 Å². The first kappa shape index (κ1) is 15.8. The Morgan fingerprint density at radius 1 is 1.32 bits per heavy atom. The number of thiophene rings is 2. The van der Waals surface area contributed by atoms with Crippen LogP contribution in [-0.4, -0.2) is 41.2 Å². The smallest absolute Gasteiger partial charge is 0.349 e. The second-order valence-electron chi connectivity index (χ2n) is 7.23. The number of likely N-dealkylation sites (N-methyl/N-ethyl adjacent to an activating group) is 1. The van der Waals surface area contributed by atoms with E-state index in [1.165, 1.54) is 22.7 Å². The Labute approximate surface area is 154 Å². The number of rotatable bonds is 4. The lowest BCUT2D eigenvalue weighted by atomic mass is 9.60. The molecular formula is C19H19NO3S2. The molecule has 1 saturated carbocycles. The highest BCUT2D eigenvalue weighted by Gasteiger charge is 2.66. The van der Waals surface area contributed by atoms with E-state index in [4.69, 9.17) is 4.74 Å². The third kappa shape index (κ3) is 1.96. The van der Waals surface area contributed by atoms with Crippen molar-refractivity contribution >= 4 is 28.6 Å². The van der Waals surface area contributed by atoms with E-state index in [1.54, 1.807) is 12.1 Å². The molecular weight excluding hydrogens is 354 g/mol. The summed E-state index contributed by atoms with van der Waals surface area (Å²) < 4.78 is 5.86. The highest BCUT2D eigenvalue weighted by Crippen LogP contribution is 2.60. The minimum atomic E-state index is -1.71. The molecule has 0 aromatic carbocycles. The first-order valence-electron chi connectivity index (χ1n) is 8.48. The van der Waals surface area contributed by atoms with Gasteiger partial charge in [0.25, 0.3) is 0 Å². The summed E-state index contributed by atoms with van der Waals surface area (Å²) in [7, 11) is 2.13. The van der Waals surface area contributed by atoms with Crippen molar-refractivity contribution in [3.63, 3.8) is 0 Å². The van der Waals surface area contributed by atoms with Gasteiger partial charge in [-0.1, -0.05) is 24.3 Å². The zero-order chi connectivity index (χ0) is 17.2. The maximum absolute atomic E-state index is 13.0. The molecule has 2 fully saturated rings. The maximum Gasteiger partial charge on any atom is 0.349 e. The van der Waals surface area contributed by atoms with Gasteiger partial charge in [0.05, 0.1) is 9.75 Å². The van der Waals surface area contributed by atoms with E-state index in [-0.39, 0.29) is 11.5 Å². The van der Waals surface area contributed by atoms with E-state index in [1.807, 2.05) is 22.9 Å². The van der Waals surface area contributed by atoms with Gasteiger partial charge in [-0.3, -0.25) is 4.90 Å². The molecule has 1 N–H and O–H groups in total. The quantitative estimate of drug-likeness (QED) is 0.661. The van der Waals surface area contributed by atoms with Gasteiger partial charge in [0.2, 0.25) is 5.60 Å². The Hall–Kier alpha value is -1.47. The first-order valence-corrected chi connectivity index (χ1v) is 10.2. The van der Waals surface area contributed by atoms with E-state index in [9.17, 15) is 9.90 Å². The van der Waals surface area contributed by atoms with Gasteiger partial charge < -0.3 is 9.84 Å². The second kappa shape index (κ2) is 5.27. The lowest BCUT2D eigenvalue weighted by Crippen LogP contribution is -2.69. The average molecular weight is 373 g/mol. The Bertz CT molecular complexity index is 795. The van der Waals surface area contributed by atoms with Crippen molar-refractivity contribution in [2.75, 3.05) is 7.05 Å². The summed E-state index contributed by atoms with van der Waals surface area (Å²) >= 11 is 2.75. The number of carbonyl (C=O) groups excluding carboxylic acids is 1. The monoisotopic (exact) mass is 373 g/mol. The summed E-state index contributed by atoms with van der Waals surface area (Å²) in [6.07, 6.45) is 6.07. The minimum Gasteiger partial charge on any atom is -0.460 e. The summed E-state index contributed by atoms with van der Waals surface area (Å²) in [5.41, 5.74) is -1.51. The predicted molar refractivity (Wildman–Crippen MR) is 97.7 cm³/mol. The van der Waals surface area contributed by atoms with Crippen molar-refractivity contribution in [3.8, 4) is 0 Å². The molecule has 25 heavy (non-hydrogen) atoms. The molecule has 130 valence electrons. The Morgan fingerprint density at radius 2 is 2.00 bits per heavy atom. The van der Waals surface area contributed by atoms with Crippen molar-refractivity contribution in [1.82, 2.24) is 4.90 Å². The van der Waals surface area contributed by atoms with Gasteiger partial charge in [-0.2, -0.15) is 0 Å². The summed E-state index contributed by atoms with van der Waals surface area (Å²) in [6, 6.07) is 8.23. The number of hydrogen-bond donors (Lipinski definition) is 1. The van der Waals surface area contributed by atoms with Crippen LogP contribution in [0.5, 0.6) is 0 Å². The summed E-state index contributed by atoms with van der Waals surface area (Å²) in [6.45, 7) is 0. The largest absolute Gasteiger partial charge is 0.460 e. The molecule has 0 bridgehead atoms. The number of hydrogen-bond acceptors (Lipinski definition) is 6. The average Bonchev–Trinajstić information content (AvgIpc) is 3.32. The minimum absolute atomic E-state index is 0.138. The van der Waals surface area contributed by atoms with Crippen LogP contribution in [0.1, 0.15) is 22.6 Å². The highest BCUT2D eigenvalue weighted by atomic mass is 32.1. The van der Waals surface area contributed by atoms with Gasteiger partial charge in [0.1, 0.15) is 6.10 Å². The molecule has 2 aromatic rings. The molecule has 0 amide bonds. The standard InChI is InChI=1S/C19H19NO3S2/c1-20-13-6-7-18(13)11-12(10-14(18)20)23-17(21)19(22,15-4-2-8-24-15)16-5-3-9-25-16/h2-9,12-14,22H,10-11H2,1H3/t12-,13?,14?,18?/m0/s1. The first-order chi connectivity index (χ1) is 12.1. The van der Waals surface area contributed by atoms with Crippen LogP contribution in [0.15, 0.2) is 47.2 Å². The number of aliphatic hydroxyl groups is 1. The van der Waals surface area contributed by atoms with Crippen LogP contribution in [0.25, 0.3) is 0 Å². The fourth-order valence-electron chi connectivity index (χ4n) is 4.80. The van der Waals surface area contributed by atoms with Gasteiger partial charge in [0.15, 0.2) is 0 Å². The zero-order valence-electron chi connectivity index (χ0n) is 13.8. The van der Waals surface area contributed by atoms with Crippen LogP contribution in [-0.2, 0) is 15.1 Å². The number of likely N-dealkylation sites (tertiary alicyclic amines) is 1. The Morgan fingerprint density at radius 3 is 2.48 bits per heavy atom. The molecule has 2 aromatic heterocycles. The van der Waals surface area contributed by atoms with Gasteiger partial charge in [-0.15, -0.1) is 22.7 Å². The third-order valence-corrected chi connectivity index (χ3v) is 8.04.